The lowest BCUT2D eigenvalue weighted by molar-refractivity contribution is -0.136. The highest BCUT2D eigenvalue weighted by molar-refractivity contribution is 7.10. The zero-order chi connectivity index (χ0) is 19.3. The monoisotopic (exact) mass is 388 g/mol. The number of carbonyl (C=O) groups is 2. The molecule has 144 valence electrons. The second-order valence-electron chi connectivity index (χ2n) is 6.71. The van der Waals surface area contributed by atoms with Gasteiger partial charge in [0, 0.05) is 30.1 Å². The molecule has 1 aliphatic rings. The van der Waals surface area contributed by atoms with E-state index in [0.717, 1.165) is 18.4 Å². The van der Waals surface area contributed by atoms with Crippen molar-refractivity contribution in [2.45, 2.75) is 25.2 Å². The molecule has 0 aliphatic carbocycles. The van der Waals surface area contributed by atoms with E-state index in [2.05, 4.69) is 16.7 Å². The molecule has 0 saturated carbocycles. The third kappa shape index (κ3) is 4.48. The van der Waals surface area contributed by atoms with Crippen molar-refractivity contribution in [1.29, 1.82) is 0 Å². The molecule has 1 aromatic carbocycles. The quantitative estimate of drug-likeness (QED) is 0.773. The Morgan fingerprint density at radius 1 is 1.22 bits per heavy atom. The molecule has 2 aromatic rings. The molecule has 0 spiro atoms. The third-order valence-electron chi connectivity index (χ3n) is 4.89. The van der Waals surface area contributed by atoms with Crippen LogP contribution < -0.4 is 15.4 Å². The fourth-order valence-electron chi connectivity index (χ4n) is 3.28. The second-order valence-corrected chi connectivity index (χ2v) is 7.66. The predicted octanol–water partition coefficient (Wildman–Crippen LogP) is 2.87. The number of benzene rings is 1. The van der Waals surface area contributed by atoms with Gasteiger partial charge in [-0.2, -0.15) is 0 Å². The minimum Gasteiger partial charge on any atom is -0.495 e. The number of aryl methyl sites for hydroxylation is 1. The molecular weight excluding hydrogens is 364 g/mol. The van der Waals surface area contributed by atoms with Gasteiger partial charge in [0.05, 0.1) is 12.8 Å². The van der Waals surface area contributed by atoms with Crippen LogP contribution in [0, 0.1) is 6.92 Å². The van der Waals surface area contributed by atoms with Crippen molar-refractivity contribution in [2.24, 2.45) is 0 Å². The molecule has 2 heterocycles. The fraction of sp³-hybridized carbons (Fsp3) is 0.400. The first-order chi connectivity index (χ1) is 13.0. The van der Waals surface area contributed by atoms with Gasteiger partial charge in [-0.15, -0.1) is 11.3 Å². The number of carbonyl (C=O) groups excluding carboxylic acids is 2. The number of amides is 2. The van der Waals surface area contributed by atoms with E-state index in [0.29, 0.717) is 31.2 Å². The summed E-state index contributed by atoms with van der Waals surface area (Å²) < 4.78 is 10.7. The smallest absolute Gasteiger partial charge is 0.313 e. The lowest BCUT2D eigenvalue weighted by Crippen LogP contribution is -2.46. The zero-order valence-corrected chi connectivity index (χ0v) is 16.4. The van der Waals surface area contributed by atoms with Gasteiger partial charge in [0.2, 0.25) is 0 Å². The van der Waals surface area contributed by atoms with E-state index in [1.807, 2.05) is 24.4 Å². The first kappa shape index (κ1) is 19.4. The Morgan fingerprint density at radius 3 is 2.67 bits per heavy atom. The van der Waals surface area contributed by atoms with Crippen molar-refractivity contribution in [3.8, 4) is 5.75 Å². The Labute approximate surface area is 162 Å². The Bertz CT molecular complexity index is 798. The second kappa shape index (κ2) is 8.54. The van der Waals surface area contributed by atoms with E-state index in [1.165, 1.54) is 12.0 Å². The van der Waals surface area contributed by atoms with Crippen LogP contribution in [0.2, 0.25) is 0 Å². The largest absolute Gasteiger partial charge is 0.495 e. The van der Waals surface area contributed by atoms with Gasteiger partial charge < -0.3 is 20.1 Å². The molecule has 1 saturated heterocycles. The highest BCUT2D eigenvalue weighted by Gasteiger charge is 2.36. The molecule has 0 bridgehead atoms. The van der Waals surface area contributed by atoms with Crippen molar-refractivity contribution in [3.05, 3.63) is 46.2 Å². The van der Waals surface area contributed by atoms with Crippen LogP contribution in [-0.4, -0.2) is 38.7 Å². The summed E-state index contributed by atoms with van der Waals surface area (Å²) in [6, 6.07) is 9.51. The van der Waals surface area contributed by atoms with E-state index in [4.69, 9.17) is 9.47 Å². The summed E-state index contributed by atoms with van der Waals surface area (Å²) in [7, 11) is 1.52. The van der Waals surface area contributed by atoms with Gasteiger partial charge in [-0.25, -0.2) is 0 Å². The molecule has 1 aromatic heterocycles. The Morgan fingerprint density at radius 2 is 2.00 bits per heavy atom. The number of thiophene rings is 1. The maximum Gasteiger partial charge on any atom is 0.313 e. The number of anilines is 1. The summed E-state index contributed by atoms with van der Waals surface area (Å²) in [6.45, 7) is 3.63. The maximum absolute atomic E-state index is 12.4. The van der Waals surface area contributed by atoms with E-state index >= 15 is 0 Å². The highest BCUT2D eigenvalue weighted by atomic mass is 32.1. The standard InChI is InChI=1S/C20H24N2O4S/c1-14-5-6-16(25-2)15(12-14)22-19(24)18(23)21-13-20(7-9-26-10-8-20)17-4-3-11-27-17/h3-6,11-12H,7-10,13H2,1-2H3,(H,21,23)(H,22,24). The summed E-state index contributed by atoms with van der Waals surface area (Å²) in [5.41, 5.74) is 1.27. The van der Waals surface area contributed by atoms with Crippen LogP contribution in [0.25, 0.3) is 0 Å². The fourth-order valence-corrected chi connectivity index (χ4v) is 4.27. The minimum absolute atomic E-state index is 0.177. The number of ether oxygens (including phenoxy) is 2. The topological polar surface area (TPSA) is 76.7 Å². The van der Waals surface area contributed by atoms with Crippen LogP contribution in [0.4, 0.5) is 5.69 Å². The number of methoxy groups -OCH3 is 1. The summed E-state index contributed by atoms with van der Waals surface area (Å²) in [5, 5.41) is 7.48. The molecule has 27 heavy (non-hydrogen) atoms. The van der Waals surface area contributed by atoms with Gasteiger partial charge in [-0.1, -0.05) is 12.1 Å². The van der Waals surface area contributed by atoms with Gasteiger partial charge in [-0.05, 0) is 48.9 Å². The first-order valence-electron chi connectivity index (χ1n) is 8.90. The highest BCUT2D eigenvalue weighted by Crippen LogP contribution is 2.37. The van der Waals surface area contributed by atoms with Gasteiger partial charge in [-0.3, -0.25) is 9.59 Å². The van der Waals surface area contributed by atoms with Crippen molar-refractivity contribution >= 4 is 28.8 Å². The van der Waals surface area contributed by atoms with Gasteiger partial charge in [0.15, 0.2) is 0 Å². The Balaban J connectivity index is 1.66. The third-order valence-corrected chi connectivity index (χ3v) is 6.01. The van der Waals surface area contributed by atoms with Crippen LogP contribution in [0.5, 0.6) is 5.75 Å². The van der Waals surface area contributed by atoms with E-state index in [9.17, 15) is 9.59 Å². The van der Waals surface area contributed by atoms with Crippen LogP contribution in [-0.2, 0) is 19.7 Å². The molecule has 7 heteroatoms. The van der Waals surface area contributed by atoms with Crippen molar-refractivity contribution in [1.82, 2.24) is 5.32 Å². The van der Waals surface area contributed by atoms with Crippen molar-refractivity contribution in [3.63, 3.8) is 0 Å². The Kier molecular flexibility index (Phi) is 6.13. The van der Waals surface area contributed by atoms with Crippen LogP contribution in [0.1, 0.15) is 23.3 Å². The molecule has 0 atom stereocenters. The summed E-state index contributed by atoms with van der Waals surface area (Å²) in [5.74, 6) is -0.838. The molecule has 3 rings (SSSR count). The summed E-state index contributed by atoms with van der Waals surface area (Å²) in [4.78, 5) is 26.0. The van der Waals surface area contributed by atoms with Crippen LogP contribution >= 0.6 is 11.3 Å². The number of rotatable bonds is 5. The summed E-state index contributed by atoms with van der Waals surface area (Å²) in [6.07, 6.45) is 1.64. The average molecular weight is 388 g/mol. The van der Waals surface area contributed by atoms with Crippen molar-refractivity contribution in [2.75, 3.05) is 32.2 Å². The average Bonchev–Trinajstić information content (AvgIpc) is 3.22. The SMILES string of the molecule is COc1ccc(C)cc1NC(=O)C(=O)NCC1(c2cccs2)CCOCC1. The molecule has 2 amide bonds. The van der Waals surface area contributed by atoms with Gasteiger partial charge >= 0.3 is 11.8 Å². The lowest BCUT2D eigenvalue weighted by Gasteiger charge is -2.36. The normalized spacial score (nSPS) is 15.8. The molecular formula is C20H24N2O4S. The Hall–Kier alpha value is -2.38. The molecule has 0 unspecified atom stereocenters. The first-order valence-corrected chi connectivity index (χ1v) is 9.78. The number of hydrogen-bond acceptors (Lipinski definition) is 5. The van der Waals surface area contributed by atoms with Gasteiger partial charge in [0.1, 0.15) is 5.75 Å². The number of nitrogens with one attached hydrogen (secondary N) is 2. The molecule has 1 aliphatic heterocycles. The molecule has 6 nitrogen and oxygen atoms in total. The van der Waals surface area contributed by atoms with E-state index < -0.39 is 11.8 Å². The van der Waals surface area contributed by atoms with E-state index in [1.54, 1.807) is 23.5 Å². The van der Waals surface area contributed by atoms with E-state index in [-0.39, 0.29) is 5.41 Å². The lowest BCUT2D eigenvalue weighted by atomic mass is 9.78. The number of hydrogen-bond donors (Lipinski definition) is 2. The van der Waals surface area contributed by atoms with Gasteiger partial charge in [0.25, 0.3) is 0 Å². The predicted molar refractivity (Wildman–Crippen MR) is 105 cm³/mol. The zero-order valence-electron chi connectivity index (χ0n) is 15.5. The molecule has 1 fully saturated rings. The summed E-state index contributed by atoms with van der Waals surface area (Å²) >= 11 is 1.67. The maximum atomic E-state index is 12.4. The molecule has 0 radical (unpaired) electrons. The minimum atomic E-state index is -0.702. The van der Waals surface area contributed by atoms with Crippen LogP contribution in [0.3, 0.4) is 0 Å². The van der Waals surface area contributed by atoms with Crippen molar-refractivity contribution < 1.29 is 19.1 Å². The van der Waals surface area contributed by atoms with Crippen LogP contribution in [0.15, 0.2) is 35.7 Å². The molecule has 2 N–H and O–H groups in total.